The number of hydrogen-bond acceptors (Lipinski definition) is 5. The molecule has 0 radical (unpaired) electrons. The first kappa shape index (κ1) is 23.0. The molecule has 0 aliphatic carbocycles. The van der Waals surface area contributed by atoms with Crippen LogP contribution in [0, 0.1) is 0 Å². The first-order chi connectivity index (χ1) is 11.7. The molecule has 0 saturated carbocycles. The molecule has 2 N–H and O–H groups in total. The van der Waals surface area contributed by atoms with Gasteiger partial charge in [-0.1, -0.05) is 24.3 Å². The van der Waals surface area contributed by atoms with Crippen LogP contribution in [0.4, 0.5) is 0 Å². The summed E-state index contributed by atoms with van der Waals surface area (Å²) in [5.74, 6) is 1.80. The zero-order valence-corrected chi connectivity index (χ0v) is 16.7. The molecule has 1 unspecified atom stereocenters. The normalized spacial score (nSPS) is 15.8. The van der Waals surface area contributed by atoms with Crippen LogP contribution in [0.5, 0.6) is 0 Å². The van der Waals surface area contributed by atoms with E-state index in [2.05, 4.69) is 10.2 Å². The van der Waals surface area contributed by atoms with Gasteiger partial charge in [-0.2, -0.15) is 0 Å². The Balaban J connectivity index is 0.00000169. The zero-order valence-electron chi connectivity index (χ0n) is 15.0. The number of aliphatic hydroxyl groups excluding tert-OH is 1. The predicted molar refractivity (Wildman–Crippen MR) is 108 cm³/mol. The van der Waals surface area contributed by atoms with Gasteiger partial charge >= 0.3 is 0 Å². The van der Waals surface area contributed by atoms with Gasteiger partial charge in [0.05, 0.1) is 25.9 Å². The van der Waals surface area contributed by atoms with Crippen molar-refractivity contribution in [2.45, 2.75) is 19.6 Å². The number of hydrogen-bond donors (Lipinski definition) is 2. The number of rotatable bonds is 7. The van der Waals surface area contributed by atoms with Crippen LogP contribution in [-0.4, -0.2) is 49.4 Å². The fraction of sp³-hybridized carbons (Fsp3) is 0.474. The maximum Gasteiger partial charge on any atom is 0.134 e. The van der Waals surface area contributed by atoms with Gasteiger partial charge in [0.25, 0.3) is 0 Å². The summed E-state index contributed by atoms with van der Waals surface area (Å²) >= 11 is 0. The largest absolute Gasteiger partial charge is 0.460 e. The Morgan fingerprint density at radius 2 is 1.77 bits per heavy atom. The number of morpholine rings is 1. The summed E-state index contributed by atoms with van der Waals surface area (Å²) < 4.78 is 11.3. The van der Waals surface area contributed by atoms with Crippen molar-refractivity contribution >= 4 is 24.8 Å². The maximum absolute atomic E-state index is 9.56. The summed E-state index contributed by atoms with van der Waals surface area (Å²) in [6.07, 6.45) is -0.443. The molecule has 1 aliphatic heterocycles. The third-order valence-corrected chi connectivity index (χ3v) is 4.35. The second kappa shape index (κ2) is 11.6. The molecule has 2 heterocycles. The SMILES string of the molecule is CC(O)c1ccc(-c2ccc(CNCCN3CCOCC3)o2)cc1.Cl.Cl. The van der Waals surface area contributed by atoms with Gasteiger partial charge in [-0.25, -0.2) is 0 Å². The minimum atomic E-state index is -0.443. The Kier molecular flexibility index (Phi) is 10.2. The van der Waals surface area contributed by atoms with Crippen LogP contribution in [0.2, 0.25) is 0 Å². The number of aliphatic hydroxyl groups is 1. The lowest BCUT2D eigenvalue weighted by atomic mass is 10.1. The highest BCUT2D eigenvalue weighted by Gasteiger charge is 2.10. The van der Waals surface area contributed by atoms with E-state index in [9.17, 15) is 5.11 Å². The smallest absolute Gasteiger partial charge is 0.134 e. The van der Waals surface area contributed by atoms with Crippen molar-refractivity contribution in [2.24, 2.45) is 0 Å². The Morgan fingerprint density at radius 1 is 1.08 bits per heavy atom. The molecule has 5 nitrogen and oxygen atoms in total. The molecule has 2 aromatic rings. The monoisotopic (exact) mass is 402 g/mol. The molecule has 26 heavy (non-hydrogen) atoms. The van der Waals surface area contributed by atoms with Crippen LogP contribution in [-0.2, 0) is 11.3 Å². The van der Waals surface area contributed by atoms with Crippen molar-refractivity contribution in [3.8, 4) is 11.3 Å². The number of nitrogens with zero attached hydrogens (tertiary/aromatic N) is 1. The van der Waals surface area contributed by atoms with Crippen LogP contribution < -0.4 is 5.32 Å². The van der Waals surface area contributed by atoms with Crippen molar-refractivity contribution in [1.29, 1.82) is 0 Å². The van der Waals surface area contributed by atoms with Gasteiger partial charge in [0, 0.05) is 31.7 Å². The quantitative estimate of drug-likeness (QED) is 0.695. The number of ether oxygens (including phenoxy) is 1. The van der Waals surface area contributed by atoms with Crippen LogP contribution in [0.25, 0.3) is 11.3 Å². The van der Waals surface area contributed by atoms with E-state index in [0.717, 1.165) is 68.6 Å². The number of benzene rings is 1. The number of nitrogens with one attached hydrogen (secondary N) is 1. The van der Waals surface area contributed by atoms with Gasteiger partial charge in [0.1, 0.15) is 11.5 Å². The third-order valence-electron chi connectivity index (χ3n) is 4.35. The Morgan fingerprint density at radius 3 is 2.42 bits per heavy atom. The lowest BCUT2D eigenvalue weighted by Crippen LogP contribution is -2.40. The lowest BCUT2D eigenvalue weighted by molar-refractivity contribution is 0.0383. The molecule has 1 atom stereocenters. The molecule has 1 aliphatic rings. The predicted octanol–water partition coefficient (Wildman–Crippen LogP) is 3.27. The van der Waals surface area contributed by atoms with E-state index in [1.807, 2.05) is 36.4 Å². The van der Waals surface area contributed by atoms with E-state index in [4.69, 9.17) is 9.15 Å². The van der Waals surface area contributed by atoms with Crippen LogP contribution >= 0.6 is 24.8 Å². The van der Waals surface area contributed by atoms with Gasteiger partial charge in [-0.3, -0.25) is 4.90 Å². The van der Waals surface area contributed by atoms with E-state index in [0.29, 0.717) is 0 Å². The summed E-state index contributed by atoms with van der Waals surface area (Å²) in [4.78, 5) is 2.41. The Labute approximate surface area is 167 Å². The molecular formula is C19H28Cl2N2O3. The minimum absolute atomic E-state index is 0. The third kappa shape index (κ3) is 6.58. The highest BCUT2D eigenvalue weighted by atomic mass is 35.5. The van der Waals surface area contributed by atoms with Crippen LogP contribution in [0.15, 0.2) is 40.8 Å². The molecule has 1 aromatic carbocycles. The van der Waals surface area contributed by atoms with E-state index in [-0.39, 0.29) is 24.8 Å². The van der Waals surface area contributed by atoms with Crippen molar-refractivity contribution in [2.75, 3.05) is 39.4 Å². The molecule has 0 bridgehead atoms. The maximum atomic E-state index is 9.56. The topological polar surface area (TPSA) is 57.9 Å². The number of furan rings is 1. The summed E-state index contributed by atoms with van der Waals surface area (Å²) in [5.41, 5.74) is 1.94. The molecule has 146 valence electrons. The molecule has 0 spiro atoms. The zero-order chi connectivity index (χ0) is 16.8. The molecule has 1 fully saturated rings. The lowest BCUT2D eigenvalue weighted by Gasteiger charge is -2.26. The second-order valence-corrected chi connectivity index (χ2v) is 6.19. The van der Waals surface area contributed by atoms with E-state index in [1.165, 1.54) is 0 Å². The first-order valence-electron chi connectivity index (χ1n) is 8.60. The van der Waals surface area contributed by atoms with Gasteiger partial charge < -0.3 is 19.6 Å². The highest BCUT2D eigenvalue weighted by molar-refractivity contribution is 5.85. The van der Waals surface area contributed by atoms with Crippen LogP contribution in [0.3, 0.4) is 0 Å². The van der Waals surface area contributed by atoms with Gasteiger partial charge in [-0.15, -0.1) is 24.8 Å². The average molecular weight is 403 g/mol. The van der Waals surface area contributed by atoms with Crippen molar-refractivity contribution in [3.63, 3.8) is 0 Å². The summed E-state index contributed by atoms with van der Waals surface area (Å²) in [6, 6.07) is 11.8. The van der Waals surface area contributed by atoms with E-state index >= 15 is 0 Å². The molecule has 7 heteroatoms. The summed E-state index contributed by atoms with van der Waals surface area (Å²) in [7, 11) is 0. The molecule has 1 aromatic heterocycles. The minimum Gasteiger partial charge on any atom is -0.460 e. The molecule has 0 amide bonds. The van der Waals surface area contributed by atoms with Crippen molar-refractivity contribution < 1.29 is 14.3 Å². The fourth-order valence-corrected chi connectivity index (χ4v) is 2.83. The standard InChI is InChI=1S/C19H26N2O3.2ClH/c1-15(22)16-2-4-17(5-3-16)19-7-6-18(24-19)14-20-8-9-21-10-12-23-13-11-21;;/h2-7,15,20,22H,8-14H2,1H3;2*1H. The average Bonchev–Trinajstić information content (AvgIpc) is 3.09. The first-order valence-corrected chi connectivity index (χ1v) is 8.60. The van der Waals surface area contributed by atoms with E-state index < -0.39 is 6.10 Å². The van der Waals surface area contributed by atoms with Gasteiger partial charge in [0.15, 0.2) is 0 Å². The van der Waals surface area contributed by atoms with Crippen LogP contribution in [0.1, 0.15) is 24.4 Å². The van der Waals surface area contributed by atoms with Gasteiger partial charge in [-0.05, 0) is 24.6 Å². The summed E-state index contributed by atoms with van der Waals surface area (Å²) in [5, 5.41) is 13.0. The second-order valence-electron chi connectivity index (χ2n) is 6.19. The summed E-state index contributed by atoms with van der Waals surface area (Å²) in [6.45, 7) is 8.21. The van der Waals surface area contributed by atoms with Crippen molar-refractivity contribution in [3.05, 3.63) is 47.7 Å². The number of halogens is 2. The van der Waals surface area contributed by atoms with Crippen molar-refractivity contribution in [1.82, 2.24) is 10.2 Å². The molecular weight excluding hydrogens is 375 g/mol. The molecule has 1 saturated heterocycles. The fourth-order valence-electron chi connectivity index (χ4n) is 2.83. The Bertz CT molecular complexity index is 626. The van der Waals surface area contributed by atoms with Gasteiger partial charge in [0.2, 0.25) is 0 Å². The Hall–Kier alpha value is -1.08. The van der Waals surface area contributed by atoms with E-state index in [1.54, 1.807) is 6.92 Å². The highest BCUT2D eigenvalue weighted by Crippen LogP contribution is 2.24. The molecule has 3 rings (SSSR count).